The molecule has 1 saturated heterocycles. The summed E-state index contributed by atoms with van der Waals surface area (Å²) < 4.78 is 7.49. The molecule has 2 unspecified atom stereocenters. The Bertz CT molecular complexity index is 1690. The maximum absolute atomic E-state index is 13.2. The molecule has 5 amide bonds. The third kappa shape index (κ3) is 7.12. The molecule has 4 N–H and O–H groups in total. The first-order chi connectivity index (χ1) is 22.8. The number of ether oxygens (including phenoxy) is 1. The average Bonchev–Trinajstić information content (AvgIpc) is 3.77. The number of nitrogens with zero attached hydrogens (tertiary/aromatic N) is 4. The molecule has 1 saturated carbocycles. The quantitative estimate of drug-likeness (QED) is 0.151. The highest BCUT2D eigenvalue weighted by atomic mass is 16.5. The summed E-state index contributed by atoms with van der Waals surface area (Å²) in [6.07, 6.45) is 7.10. The van der Waals surface area contributed by atoms with E-state index < -0.39 is 29.7 Å². The van der Waals surface area contributed by atoms with Gasteiger partial charge < -0.3 is 20.7 Å². The van der Waals surface area contributed by atoms with Crippen LogP contribution in [0.2, 0.25) is 0 Å². The number of piperidine rings is 1. The number of hydrogen-bond acceptors (Lipinski definition) is 10. The molecule has 2 aromatic heterocycles. The molecule has 0 spiro atoms. The number of hydrogen-bond donors (Lipinski definition) is 4. The zero-order valence-corrected chi connectivity index (χ0v) is 26.4. The number of aromatic nitrogens is 3. The van der Waals surface area contributed by atoms with Gasteiger partial charge in [-0.05, 0) is 50.2 Å². The molecule has 3 aromatic rings. The Morgan fingerprint density at radius 2 is 1.96 bits per heavy atom. The Hall–Kier alpha value is -4.85. The number of anilines is 2. The molecule has 0 radical (unpaired) electrons. The lowest BCUT2D eigenvalue weighted by Crippen LogP contribution is -2.54. The topological polar surface area (TPSA) is 176 Å². The summed E-state index contributed by atoms with van der Waals surface area (Å²) in [5, 5.41) is 16.4. The molecule has 4 heterocycles. The highest BCUT2D eigenvalue weighted by Gasteiger charge is 2.45. The van der Waals surface area contributed by atoms with Crippen LogP contribution in [0.4, 0.5) is 11.5 Å². The Kier molecular flexibility index (Phi) is 9.76. The molecule has 0 bridgehead atoms. The molecule has 47 heavy (non-hydrogen) atoms. The number of carbonyl (C=O) groups excluding carboxylic acids is 5. The number of amides is 5. The minimum Gasteiger partial charge on any atom is -0.382 e. The number of imide groups is 2. The molecule has 14 nitrogen and oxygen atoms in total. The summed E-state index contributed by atoms with van der Waals surface area (Å²) in [6, 6.07) is 8.18. The van der Waals surface area contributed by atoms with E-state index in [1.54, 1.807) is 24.4 Å². The summed E-state index contributed by atoms with van der Waals surface area (Å²) in [4.78, 5) is 68.2. The molecule has 1 aromatic carbocycles. The summed E-state index contributed by atoms with van der Waals surface area (Å²) in [6.45, 7) is 3.64. The summed E-state index contributed by atoms with van der Waals surface area (Å²) in [7, 11) is 0. The average molecular weight is 645 g/mol. The van der Waals surface area contributed by atoms with Crippen LogP contribution in [-0.2, 0) is 25.5 Å². The first-order valence-electron chi connectivity index (χ1n) is 16.4. The van der Waals surface area contributed by atoms with Gasteiger partial charge in [-0.15, -0.1) is 0 Å². The van der Waals surface area contributed by atoms with Gasteiger partial charge in [0.2, 0.25) is 17.7 Å². The van der Waals surface area contributed by atoms with Gasteiger partial charge in [0.25, 0.3) is 11.8 Å². The smallest absolute Gasteiger partial charge is 0.264 e. The molecule has 3 aliphatic rings. The van der Waals surface area contributed by atoms with Crippen LogP contribution >= 0.6 is 0 Å². The summed E-state index contributed by atoms with van der Waals surface area (Å²) in [5.41, 5.74) is 2.76. The van der Waals surface area contributed by atoms with E-state index in [1.165, 1.54) is 0 Å². The second kappa shape index (κ2) is 14.3. The van der Waals surface area contributed by atoms with Crippen molar-refractivity contribution in [3.8, 4) is 0 Å². The van der Waals surface area contributed by atoms with Gasteiger partial charge in [-0.1, -0.05) is 19.4 Å². The van der Waals surface area contributed by atoms with Gasteiger partial charge in [-0.3, -0.25) is 34.2 Å². The third-order valence-electron chi connectivity index (χ3n) is 8.90. The van der Waals surface area contributed by atoms with Crippen molar-refractivity contribution >= 4 is 46.7 Å². The van der Waals surface area contributed by atoms with E-state index in [4.69, 9.17) is 4.74 Å². The van der Waals surface area contributed by atoms with Crippen molar-refractivity contribution in [3.63, 3.8) is 0 Å². The lowest BCUT2D eigenvalue weighted by Gasteiger charge is -2.27. The maximum Gasteiger partial charge on any atom is 0.264 e. The molecule has 2 aliphatic heterocycles. The largest absolute Gasteiger partial charge is 0.382 e. The highest BCUT2D eigenvalue weighted by Crippen LogP contribution is 2.32. The van der Waals surface area contributed by atoms with Crippen LogP contribution in [0.15, 0.2) is 36.5 Å². The zero-order valence-electron chi connectivity index (χ0n) is 26.4. The lowest BCUT2D eigenvalue weighted by atomic mass is 10.0. The van der Waals surface area contributed by atoms with E-state index >= 15 is 0 Å². The van der Waals surface area contributed by atoms with Crippen molar-refractivity contribution in [2.24, 2.45) is 5.92 Å². The van der Waals surface area contributed by atoms with Gasteiger partial charge in [0.05, 0.1) is 30.5 Å². The lowest BCUT2D eigenvalue weighted by molar-refractivity contribution is -0.136. The molecule has 6 rings (SSSR count). The van der Waals surface area contributed by atoms with Gasteiger partial charge in [0, 0.05) is 55.5 Å². The molecule has 2 fully saturated rings. The van der Waals surface area contributed by atoms with Crippen LogP contribution < -0.4 is 21.3 Å². The van der Waals surface area contributed by atoms with Gasteiger partial charge in [0.1, 0.15) is 11.9 Å². The van der Waals surface area contributed by atoms with Crippen LogP contribution in [0.25, 0.3) is 5.65 Å². The van der Waals surface area contributed by atoms with Gasteiger partial charge in [0.15, 0.2) is 5.65 Å². The van der Waals surface area contributed by atoms with Crippen LogP contribution in [0, 0.1) is 5.92 Å². The fraction of sp³-hybridized carbons (Fsp3) is 0.485. The van der Waals surface area contributed by atoms with Crippen LogP contribution in [-0.4, -0.2) is 87.4 Å². The first-order valence-corrected chi connectivity index (χ1v) is 16.4. The Morgan fingerprint density at radius 3 is 2.79 bits per heavy atom. The Morgan fingerprint density at radius 1 is 1.09 bits per heavy atom. The number of aryl methyl sites for hydroxylation is 1. The Balaban J connectivity index is 0.895. The minimum atomic E-state index is -1.02. The van der Waals surface area contributed by atoms with Crippen molar-refractivity contribution in [3.05, 3.63) is 53.3 Å². The molecular formula is C33H40N8O6. The predicted octanol–water partition coefficient (Wildman–Crippen LogP) is 2.30. The fourth-order valence-electron chi connectivity index (χ4n) is 6.59. The van der Waals surface area contributed by atoms with Gasteiger partial charge in [-0.25, -0.2) is 4.98 Å². The van der Waals surface area contributed by atoms with E-state index in [0.29, 0.717) is 30.7 Å². The van der Waals surface area contributed by atoms with E-state index in [-0.39, 0.29) is 49.5 Å². The highest BCUT2D eigenvalue weighted by molar-refractivity contribution is 6.25. The summed E-state index contributed by atoms with van der Waals surface area (Å²) in [5.74, 6) is -0.915. The van der Waals surface area contributed by atoms with E-state index in [0.717, 1.165) is 54.2 Å². The standard InChI is InChI=1S/C33H40N8O6/c1-2-4-21-18-27(41-26(37-21)11-13-36-41)38-22-8-7-20(17-22)19-35-28(42)12-15-47-16-14-34-24-6-3-5-23-30(24)33(46)40(32(23)45)25-9-10-29(43)39-31(25)44/h3,5-6,11,13,18,20,22,25,34,38H,2,4,7-10,12,14-17,19H2,1H3,(H,35,42)(H,39,43,44)/t20?,22-,25?/m1/s1. The number of nitrogens with one attached hydrogen (secondary N) is 4. The zero-order chi connectivity index (χ0) is 32.9. The monoisotopic (exact) mass is 644 g/mol. The second-order valence-electron chi connectivity index (χ2n) is 12.3. The van der Waals surface area contributed by atoms with Crippen molar-refractivity contribution in [1.82, 2.24) is 30.1 Å². The minimum absolute atomic E-state index is 0.0612. The summed E-state index contributed by atoms with van der Waals surface area (Å²) >= 11 is 0. The van der Waals surface area contributed by atoms with Crippen molar-refractivity contribution in [1.29, 1.82) is 0 Å². The van der Waals surface area contributed by atoms with Gasteiger partial charge in [-0.2, -0.15) is 9.61 Å². The van der Waals surface area contributed by atoms with E-state index in [2.05, 4.69) is 44.3 Å². The van der Waals surface area contributed by atoms with E-state index in [9.17, 15) is 24.0 Å². The SMILES string of the molecule is CCCc1cc(N[C@@H]2CCC(CNC(=O)CCOCCNc3cccc4c3C(=O)N(C3CCC(=O)NC3=O)C4=O)C2)n2nccc2n1. The Labute approximate surface area is 272 Å². The first kappa shape index (κ1) is 32.1. The van der Waals surface area contributed by atoms with Crippen LogP contribution in [0.3, 0.4) is 0 Å². The molecule has 3 atom stereocenters. The molecule has 14 heteroatoms. The van der Waals surface area contributed by atoms with Gasteiger partial charge >= 0.3 is 0 Å². The van der Waals surface area contributed by atoms with Crippen molar-refractivity contribution < 1.29 is 28.7 Å². The third-order valence-corrected chi connectivity index (χ3v) is 8.90. The molecular weight excluding hydrogens is 604 g/mol. The number of carbonyl (C=O) groups is 5. The van der Waals surface area contributed by atoms with E-state index in [1.807, 2.05) is 10.6 Å². The maximum atomic E-state index is 13.2. The number of fused-ring (bicyclic) bond motifs is 2. The van der Waals surface area contributed by atoms with Crippen molar-refractivity contribution in [2.75, 3.05) is 36.9 Å². The number of rotatable bonds is 14. The predicted molar refractivity (Wildman–Crippen MR) is 172 cm³/mol. The van der Waals surface area contributed by atoms with Crippen molar-refractivity contribution in [2.45, 2.75) is 70.4 Å². The molecule has 248 valence electrons. The second-order valence-corrected chi connectivity index (χ2v) is 12.3. The van der Waals surface area contributed by atoms with Crippen LogP contribution in [0.5, 0.6) is 0 Å². The van der Waals surface area contributed by atoms with Crippen LogP contribution in [0.1, 0.15) is 78.3 Å². The normalized spacial score (nSPS) is 20.9. The molecule has 1 aliphatic carbocycles. The fourth-order valence-corrected chi connectivity index (χ4v) is 6.59. The number of benzene rings is 1.